The fourth-order valence-corrected chi connectivity index (χ4v) is 3.13. The zero-order chi connectivity index (χ0) is 25.2. The van der Waals surface area contributed by atoms with Crippen LogP contribution in [0.5, 0.6) is 5.75 Å². The first-order valence-electron chi connectivity index (χ1n) is 11.1. The summed E-state index contributed by atoms with van der Waals surface area (Å²) in [5.41, 5.74) is 0.490. The predicted octanol–water partition coefficient (Wildman–Crippen LogP) is 1.75. The standard InChI is InChI=1S/C23H31N5O3.C3H4/c1-4-13-28(23(9-10-24-5-2)27-14-11-25-12-15-27)18-22(30)26-17-21(29)19-7-6-8-20(16-19)31-3;1-3-2/h5-9,16,25H,10-12,14-15,17-18H2,1-3H3,(H,26,30);1H,2H3/b23-9-,24-5?;. The fraction of sp³-hybridized carbons (Fsp3) is 0.423. The van der Waals surface area contributed by atoms with Gasteiger partial charge in [0.15, 0.2) is 5.78 Å². The minimum atomic E-state index is -0.279. The van der Waals surface area contributed by atoms with Crippen LogP contribution in [0, 0.1) is 24.3 Å². The third-order valence-electron chi connectivity index (χ3n) is 4.67. The number of hydrogen-bond donors (Lipinski definition) is 2. The Labute approximate surface area is 203 Å². The first-order chi connectivity index (χ1) is 16.5. The highest BCUT2D eigenvalue weighted by Gasteiger charge is 2.20. The molecule has 182 valence electrons. The van der Waals surface area contributed by atoms with E-state index in [2.05, 4.69) is 44.8 Å². The summed E-state index contributed by atoms with van der Waals surface area (Å²) >= 11 is 0. The van der Waals surface area contributed by atoms with Gasteiger partial charge in [0.1, 0.15) is 18.1 Å². The number of nitrogens with one attached hydrogen (secondary N) is 2. The van der Waals surface area contributed by atoms with Crippen LogP contribution in [-0.4, -0.2) is 80.6 Å². The van der Waals surface area contributed by atoms with Crippen molar-refractivity contribution in [1.82, 2.24) is 20.4 Å². The summed E-state index contributed by atoms with van der Waals surface area (Å²) in [5, 5.41) is 6.03. The maximum Gasteiger partial charge on any atom is 0.241 e. The van der Waals surface area contributed by atoms with Crippen molar-refractivity contribution in [3.63, 3.8) is 0 Å². The summed E-state index contributed by atoms with van der Waals surface area (Å²) in [7, 11) is 1.55. The summed E-state index contributed by atoms with van der Waals surface area (Å²) < 4.78 is 5.15. The largest absolute Gasteiger partial charge is 0.497 e. The number of amides is 1. The zero-order valence-electron chi connectivity index (χ0n) is 20.6. The summed E-state index contributed by atoms with van der Waals surface area (Å²) in [6.45, 7) is 9.06. The summed E-state index contributed by atoms with van der Waals surface area (Å²) in [6, 6.07) is 9.88. The van der Waals surface area contributed by atoms with E-state index in [1.54, 1.807) is 56.3 Å². The van der Waals surface area contributed by atoms with Crippen LogP contribution in [0.2, 0.25) is 0 Å². The van der Waals surface area contributed by atoms with Crippen LogP contribution < -0.4 is 15.4 Å². The van der Waals surface area contributed by atoms with Gasteiger partial charge in [-0.15, -0.1) is 12.3 Å². The van der Waals surface area contributed by atoms with Crippen molar-refractivity contribution in [2.45, 2.75) is 20.8 Å². The number of hydrogen-bond acceptors (Lipinski definition) is 7. The van der Waals surface area contributed by atoms with Crippen molar-refractivity contribution in [1.29, 1.82) is 0 Å². The number of aliphatic imine (C=N–C) groups is 1. The smallest absolute Gasteiger partial charge is 0.241 e. The normalized spacial score (nSPS) is 13.0. The Morgan fingerprint density at radius 3 is 2.65 bits per heavy atom. The van der Waals surface area contributed by atoms with Gasteiger partial charge in [-0.1, -0.05) is 18.1 Å². The number of ether oxygens (including phenoxy) is 1. The first-order valence-corrected chi connectivity index (χ1v) is 11.1. The number of methoxy groups -OCH3 is 1. The van der Waals surface area contributed by atoms with Crippen LogP contribution in [0.25, 0.3) is 0 Å². The van der Waals surface area contributed by atoms with E-state index in [1.807, 2.05) is 13.0 Å². The average Bonchev–Trinajstić information content (AvgIpc) is 2.86. The van der Waals surface area contributed by atoms with Crippen molar-refractivity contribution in [2.75, 3.05) is 52.9 Å². The van der Waals surface area contributed by atoms with Crippen molar-refractivity contribution in [2.24, 2.45) is 4.99 Å². The Hall–Kier alpha value is -3.75. The fourth-order valence-electron chi connectivity index (χ4n) is 3.13. The van der Waals surface area contributed by atoms with Gasteiger partial charge < -0.3 is 20.3 Å². The lowest BCUT2D eigenvalue weighted by Crippen LogP contribution is -2.47. The second-order valence-electron chi connectivity index (χ2n) is 7.09. The highest BCUT2D eigenvalue weighted by Crippen LogP contribution is 2.13. The van der Waals surface area contributed by atoms with Crippen molar-refractivity contribution >= 4 is 17.9 Å². The van der Waals surface area contributed by atoms with Gasteiger partial charge in [0.05, 0.1) is 20.2 Å². The number of terminal acetylenes is 1. The highest BCUT2D eigenvalue weighted by molar-refractivity contribution is 5.99. The maximum atomic E-state index is 12.6. The molecule has 1 aromatic rings. The third-order valence-corrected chi connectivity index (χ3v) is 4.67. The Balaban J connectivity index is 0.00000182. The number of carbonyl (C=O) groups is 2. The van der Waals surface area contributed by atoms with Crippen molar-refractivity contribution in [3.05, 3.63) is 41.7 Å². The average molecular weight is 466 g/mol. The molecule has 0 aliphatic carbocycles. The molecule has 0 atom stereocenters. The van der Waals surface area contributed by atoms with Crippen LogP contribution >= 0.6 is 0 Å². The molecule has 34 heavy (non-hydrogen) atoms. The Morgan fingerprint density at radius 2 is 2.03 bits per heavy atom. The van der Waals surface area contributed by atoms with E-state index in [-0.39, 0.29) is 24.8 Å². The van der Waals surface area contributed by atoms with Crippen LogP contribution in [0.3, 0.4) is 0 Å². The SMILES string of the molecule is C#CC.CC#CN(CC(=O)NCC(=O)c1cccc(OC)c1)/C(=C\CN=CC)N1CCNCC1. The van der Waals surface area contributed by atoms with Gasteiger partial charge in [-0.3, -0.25) is 19.5 Å². The molecule has 1 aliphatic heterocycles. The molecule has 1 amide bonds. The summed E-state index contributed by atoms with van der Waals surface area (Å²) in [4.78, 5) is 33.2. The quantitative estimate of drug-likeness (QED) is 0.237. The lowest BCUT2D eigenvalue weighted by molar-refractivity contribution is -0.121. The Bertz CT molecular complexity index is 947. The van der Waals surface area contributed by atoms with Gasteiger partial charge in [0.2, 0.25) is 5.91 Å². The first kappa shape index (κ1) is 28.3. The summed E-state index contributed by atoms with van der Waals surface area (Å²) in [6.07, 6.45) is 8.32. The van der Waals surface area contributed by atoms with Gasteiger partial charge in [0, 0.05) is 37.8 Å². The molecule has 0 unspecified atom stereocenters. The van der Waals surface area contributed by atoms with Crippen LogP contribution in [-0.2, 0) is 4.79 Å². The third kappa shape index (κ3) is 10.2. The number of Topliss-reactive ketones (excluding diaryl/α,β-unsaturated/α-hetero) is 1. The number of ketones is 1. The topological polar surface area (TPSA) is 86.3 Å². The molecule has 0 saturated carbocycles. The van der Waals surface area contributed by atoms with Crippen LogP contribution in [0.15, 0.2) is 41.2 Å². The van der Waals surface area contributed by atoms with E-state index in [1.165, 1.54) is 0 Å². The predicted molar refractivity (Wildman–Crippen MR) is 137 cm³/mol. The van der Waals surface area contributed by atoms with Crippen molar-refractivity contribution in [3.8, 4) is 30.1 Å². The summed E-state index contributed by atoms with van der Waals surface area (Å²) in [5.74, 6) is 6.12. The van der Waals surface area contributed by atoms with E-state index in [0.717, 1.165) is 32.0 Å². The van der Waals surface area contributed by atoms with Crippen LogP contribution in [0.4, 0.5) is 0 Å². The lowest BCUT2D eigenvalue weighted by atomic mass is 10.1. The second-order valence-corrected chi connectivity index (χ2v) is 7.09. The van der Waals surface area contributed by atoms with E-state index >= 15 is 0 Å². The van der Waals surface area contributed by atoms with Gasteiger partial charge in [-0.05, 0) is 45.2 Å². The molecule has 2 rings (SSSR count). The van der Waals surface area contributed by atoms with Gasteiger partial charge in [-0.25, -0.2) is 0 Å². The zero-order valence-corrected chi connectivity index (χ0v) is 20.6. The Kier molecular flexibility index (Phi) is 14.0. The molecular weight excluding hydrogens is 430 g/mol. The van der Waals surface area contributed by atoms with Crippen molar-refractivity contribution < 1.29 is 14.3 Å². The van der Waals surface area contributed by atoms with Gasteiger partial charge in [0.25, 0.3) is 0 Å². The number of carbonyl (C=O) groups excluding carboxylic acids is 2. The minimum Gasteiger partial charge on any atom is -0.497 e. The number of rotatable bonds is 10. The molecule has 1 saturated heterocycles. The molecule has 1 heterocycles. The van der Waals surface area contributed by atoms with E-state index in [4.69, 9.17) is 4.74 Å². The number of piperazine rings is 1. The molecule has 8 heteroatoms. The molecule has 0 radical (unpaired) electrons. The minimum absolute atomic E-state index is 0.0256. The van der Waals surface area contributed by atoms with Gasteiger partial charge >= 0.3 is 0 Å². The number of nitrogens with zero attached hydrogens (tertiary/aromatic N) is 3. The monoisotopic (exact) mass is 465 g/mol. The molecule has 1 aromatic carbocycles. The highest BCUT2D eigenvalue weighted by atomic mass is 16.5. The molecule has 0 bridgehead atoms. The maximum absolute atomic E-state index is 12.6. The second kappa shape index (κ2) is 16.8. The molecule has 1 fully saturated rings. The van der Waals surface area contributed by atoms with Crippen LogP contribution in [0.1, 0.15) is 31.1 Å². The molecule has 8 nitrogen and oxygen atoms in total. The molecular formula is C26H35N5O3. The molecule has 0 aromatic heterocycles. The van der Waals surface area contributed by atoms with E-state index < -0.39 is 0 Å². The molecule has 0 spiro atoms. The molecule has 1 aliphatic rings. The van der Waals surface area contributed by atoms with E-state index in [9.17, 15) is 9.59 Å². The number of benzene rings is 1. The lowest BCUT2D eigenvalue weighted by Gasteiger charge is -2.35. The Morgan fingerprint density at radius 1 is 1.32 bits per heavy atom. The molecule has 2 N–H and O–H groups in total. The van der Waals surface area contributed by atoms with Gasteiger partial charge in [-0.2, -0.15) is 0 Å². The van der Waals surface area contributed by atoms with E-state index in [0.29, 0.717) is 17.9 Å².